The lowest BCUT2D eigenvalue weighted by atomic mass is 10.1. The smallest absolute Gasteiger partial charge is 0.370 e. The van der Waals surface area contributed by atoms with Gasteiger partial charge < -0.3 is 10.1 Å². The zero-order chi connectivity index (χ0) is 13.8. The lowest BCUT2D eigenvalue weighted by Gasteiger charge is -2.17. The summed E-state index contributed by atoms with van der Waals surface area (Å²) in [5, 5.41) is 7.13. The Balaban J connectivity index is 2.45. The molecule has 0 saturated heterocycles. The number of nitrogens with one attached hydrogen (secondary N) is 1. The minimum atomic E-state index is -4.28. The molecule has 104 valence electrons. The molecule has 18 heavy (non-hydrogen) atoms. The topological polar surface area (TPSA) is 39.1 Å². The van der Waals surface area contributed by atoms with Crippen LogP contribution in [-0.2, 0) is 18.2 Å². The van der Waals surface area contributed by atoms with Gasteiger partial charge >= 0.3 is 6.18 Å². The molecule has 0 aliphatic carbocycles. The number of aryl methyl sites for hydroxylation is 2. The highest BCUT2D eigenvalue weighted by Crippen LogP contribution is 2.14. The van der Waals surface area contributed by atoms with Crippen molar-refractivity contribution in [1.82, 2.24) is 15.1 Å². The molecule has 0 bridgehead atoms. The number of hydrogen-bond acceptors (Lipinski definition) is 3. The quantitative estimate of drug-likeness (QED) is 0.846. The highest BCUT2D eigenvalue weighted by molar-refractivity contribution is 5.10. The third-order valence-electron chi connectivity index (χ3n) is 2.55. The van der Waals surface area contributed by atoms with Gasteiger partial charge in [-0.15, -0.1) is 0 Å². The summed E-state index contributed by atoms with van der Waals surface area (Å²) in [7, 11) is 3.51. The molecule has 0 saturated carbocycles. The van der Waals surface area contributed by atoms with E-state index in [-0.39, 0.29) is 12.6 Å². The van der Waals surface area contributed by atoms with E-state index < -0.39 is 12.8 Å². The minimum absolute atomic E-state index is 0.0141. The van der Waals surface area contributed by atoms with E-state index in [4.69, 9.17) is 0 Å². The first-order valence-electron chi connectivity index (χ1n) is 5.63. The van der Waals surface area contributed by atoms with E-state index in [1.54, 1.807) is 11.7 Å². The average Bonchev–Trinajstić information content (AvgIpc) is 2.54. The predicted molar refractivity (Wildman–Crippen MR) is 61.4 cm³/mol. The molecule has 4 nitrogen and oxygen atoms in total. The summed E-state index contributed by atoms with van der Waals surface area (Å²) in [6.45, 7) is 0.674. The fourth-order valence-electron chi connectivity index (χ4n) is 1.67. The van der Waals surface area contributed by atoms with Crippen molar-refractivity contribution >= 4 is 0 Å². The fraction of sp³-hybridized carbons (Fsp3) is 0.727. The molecule has 0 aliphatic heterocycles. The SMILES string of the molecule is CNC(COCC(F)(F)F)Cc1cc(C)nn1C. The number of halogens is 3. The van der Waals surface area contributed by atoms with Gasteiger partial charge in [0, 0.05) is 25.2 Å². The minimum Gasteiger partial charge on any atom is -0.370 e. The van der Waals surface area contributed by atoms with E-state index in [2.05, 4.69) is 15.2 Å². The van der Waals surface area contributed by atoms with Gasteiger partial charge in [0.05, 0.1) is 12.3 Å². The summed E-state index contributed by atoms with van der Waals surface area (Å²) in [4.78, 5) is 0. The number of alkyl halides is 3. The second kappa shape index (κ2) is 6.19. The second-order valence-electron chi connectivity index (χ2n) is 4.22. The molecule has 0 aromatic carbocycles. The highest BCUT2D eigenvalue weighted by Gasteiger charge is 2.27. The Morgan fingerprint density at radius 3 is 2.61 bits per heavy atom. The number of rotatable bonds is 6. The predicted octanol–water partition coefficient (Wildman–Crippen LogP) is 1.44. The van der Waals surface area contributed by atoms with Crippen molar-refractivity contribution in [3.8, 4) is 0 Å². The Bertz CT molecular complexity index is 376. The monoisotopic (exact) mass is 265 g/mol. The van der Waals surface area contributed by atoms with Crippen LogP contribution in [0, 0.1) is 6.92 Å². The molecular weight excluding hydrogens is 247 g/mol. The van der Waals surface area contributed by atoms with E-state index in [1.165, 1.54) is 0 Å². The third-order valence-corrected chi connectivity index (χ3v) is 2.55. The number of nitrogens with zero attached hydrogens (tertiary/aromatic N) is 2. The molecule has 0 fully saturated rings. The first-order chi connectivity index (χ1) is 8.31. The number of hydrogen-bond donors (Lipinski definition) is 1. The normalized spacial score (nSPS) is 13.9. The standard InChI is InChI=1S/C11H18F3N3O/c1-8-4-10(17(3)16-8)5-9(15-2)6-18-7-11(12,13)14/h4,9,15H,5-7H2,1-3H3. The van der Waals surface area contributed by atoms with Crippen molar-refractivity contribution in [1.29, 1.82) is 0 Å². The van der Waals surface area contributed by atoms with Gasteiger partial charge in [0.1, 0.15) is 6.61 Å². The van der Waals surface area contributed by atoms with Gasteiger partial charge in [-0.05, 0) is 20.0 Å². The van der Waals surface area contributed by atoms with Gasteiger partial charge in [0.2, 0.25) is 0 Å². The van der Waals surface area contributed by atoms with Crippen LogP contribution < -0.4 is 5.32 Å². The Hall–Kier alpha value is -1.08. The maximum atomic E-state index is 11.9. The molecule has 1 heterocycles. The molecule has 1 aromatic heterocycles. The molecule has 0 aliphatic rings. The van der Waals surface area contributed by atoms with Crippen molar-refractivity contribution in [2.75, 3.05) is 20.3 Å². The summed E-state index contributed by atoms with van der Waals surface area (Å²) >= 11 is 0. The van der Waals surface area contributed by atoms with Crippen LogP contribution in [0.25, 0.3) is 0 Å². The highest BCUT2D eigenvalue weighted by atomic mass is 19.4. The van der Waals surface area contributed by atoms with Crippen LogP contribution in [0.4, 0.5) is 13.2 Å². The molecule has 1 rings (SSSR count). The fourth-order valence-corrected chi connectivity index (χ4v) is 1.67. The molecule has 1 N–H and O–H groups in total. The summed E-state index contributed by atoms with van der Waals surface area (Å²) in [5.41, 5.74) is 1.85. The Labute approximate surface area is 104 Å². The second-order valence-corrected chi connectivity index (χ2v) is 4.22. The van der Waals surface area contributed by atoms with Crippen LogP contribution in [-0.4, -0.2) is 42.3 Å². The summed E-state index contributed by atoms with van der Waals surface area (Å²) < 4.78 is 42.2. The van der Waals surface area contributed by atoms with E-state index in [0.717, 1.165) is 11.4 Å². The van der Waals surface area contributed by atoms with Crippen LogP contribution in [0.3, 0.4) is 0 Å². The summed E-state index contributed by atoms with van der Waals surface area (Å²) in [5.74, 6) is 0. The molecule has 0 spiro atoms. The van der Waals surface area contributed by atoms with Crippen molar-refractivity contribution in [2.24, 2.45) is 7.05 Å². The van der Waals surface area contributed by atoms with E-state index >= 15 is 0 Å². The van der Waals surface area contributed by atoms with E-state index in [9.17, 15) is 13.2 Å². The Kier molecular flexibility index (Phi) is 5.15. The van der Waals surface area contributed by atoms with Crippen molar-refractivity contribution in [3.63, 3.8) is 0 Å². The van der Waals surface area contributed by atoms with Gasteiger partial charge in [-0.3, -0.25) is 4.68 Å². The Morgan fingerprint density at radius 1 is 1.50 bits per heavy atom. The maximum absolute atomic E-state index is 11.9. The van der Waals surface area contributed by atoms with Gasteiger partial charge in [0.25, 0.3) is 0 Å². The molecule has 1 aromatic rings. The number of likely N-dealkylation sites (N-methyl/N-ethyl adjacent to an activating group) is 1. The summed E-state index contributed by atoms with van der Waals surface area (Å²) in [6.07, 6.45) is -3.70. The zero-order valence-electron chi connectivity index (χ0n) is 10.7. The van der Waals surface area contributed by atoms with Gasteiger partial charge in [0.15, 0.2) is 0 Å². The van der Waals surface area contributed by atoms with E-state index in [1.807, 2.05) is 20.0 Å². The van der Waals surface area contributed by atoms with E-state index in [0.29, 0.717) is 6.42 Å². The molecular formula is C11H18F3N3O. The van der Waals surface area contributed by atoms with Gasteiger partial charge in [-0.1, -0.05) is 0 Å². The molecule has 0 amide bonds. The first kappa shape index (κ1) is 15.0. The third kappa shape index (κ3) is 5.05. The van der Waals surface area contributed by atoms with Crippen LogP contribution in [0.1, 0.15) is 11.4 Å². The number of ether oxygens (including phenoxy) is 1. The first-order valence-corrected chi connectivity index (χ1v) is 5.63. The van der Waals surface area contributed by atoms with Crippen molar-refractivity contribution in [3.05, 3.63) is 17.5 Å². The molecule has 1 unspecified atom stereocenters. The largest absolute Gasteiger partial charge is 0.411 e. The lowest BCUT2D eigenvalue weighted by molar-refractivity contribution is -0.175. The maximum Gasteiger partial charge on any atom is 0.411 e. The van der Waals surface area contributed by atoms with Crippen LogP contribution in [0.15, 0.2) is 6.07 Å². The molecule has 1 atom stereocenters. The summed E-state index contributed by atoms with van der Waals surface area (Å²) in [6, 6.07) is 1.75. The average molecular weight is 265 g/mol. The lowest BCUT2D eigenvalue weighted by Crippen LogP contribution is -2.34. The molecule has 0 radical (unpaired) electrons. The van der Waals surface area contributed by atoms with Crippen molar-refractivity contribution in [2.45, 2.75) is 25.6 Å². The van der Waals surface area contributed by atoms with Crippen LogP contribution in [0.5, 0.6) is 0 Å². The Morgan fingerprint density at radius 2 is 2.17 bits per heavy atom. The van der Waals surface area contributed by atoms with Gasteiger partial charge in [-0.25, -0.2) is 0 Å². The molecule has 7 heteroatoms. The van der Waals surface area contributed by atoms with Crippen LogP contribution >= 0.6 is 0 Å². The number of aromatic nitrogens is 2. The zero-order valence-corrected chi connectivity index (χ0v) is 10.7. The van der Waals surface area contributed by atoms with Crippen molar-refractivity contribution < 1.29 is 17.9 Å². The van der Waals surface area contributed by atoms with Gasteiger partial charge in [-0.2, -0.15) is 18.3 Å². The van der Waals surface area contributed by atoms with Crippen LogP contribution in [0.2, 0.25) is 0 Å².